The maximum absolute atomic E-state index is 11.3. The highest BCUT2D eigenvalue weighted by molar-refractivity contribution is 5.76. The molecule has 1 amide bonds. The molecule has 0 saturated carbocycles. The average Bonchev–Trinajstić information content (AvgIpc) is 2.38. The van der Waals surface area contributed by atoms with Crippen molar-refractivity contribution in [2.24, 2.45) is 0 Å². The van der Waals surface area contributed by atoms with Crippen molar-refractivity contribution in [3.8, 4) is 12.3 Å². The summed E-state index contributed by atoms with van der Waals surface area (Å²) in [6, 6.07) is 0. The molecule has 2 N–H and O–H groups in total. The van der Waals surface area contributed by atoms with Gasteiger partial charge in [-0.15, -0.1) is 12.3 Å². The monoisotopic (exact) mass is 313 g/mol. The van der Waals surface area contributed by atoms with E-state index in [0.717, 1.165) is 6.42 Å². The zero-order valence-corrected chi connectivity index (χ0v) is 14.4. The molecule has 5 heteroatoms. The summed E-state index contributed by atoms with van der Waals surface area (Å²) in [5, 5.41) is 12.4. The van der Waals surface area contributed by atoms with Gasteiger partial charge in [-0.05, 0) is 40.5 Å². The molecule has 0 fully saturated rings. The number of amides is 1. The van der Waals surface area contributed by atoms with E-state index in [-0.39, 0.29) is 11.5 Å². The number of terminal acetylenes is 1. The summed E-state index contributed by atoms with van der Waals surface area (Å²) in [6.07, 6.45) is 7.26. The summed E-state index contributed by atoms with van der Waals surface area (Å²) in [7, 11) is 0. The molecule has 0 bridgehead atoms. The third-order valence-electron chi connectivity index (χ3n) is 3.12. The number of hydrogen-bond acceptors (Lipinski definition) is 4. The first-order valence-electron chi connectivity index (χ1n) is 7.80. The molecule has 0 spiro atoms. The van der Waals surface area contributed by atoms with Crippen LogP contribution in [0, 0.1) is 12.3 Å². The van der Waals surface area contributed by atoms with Crippen molar-refractivity contribution in [2.45, 2.75) is 64.6 Å². The van der Waals surface area contributed by atoms with Crippen LogP contribution in [0.3, 0.4) is 0 Å². The third kappa shape index (κ3) is 13.9. The first kappa shape index (κ1) is 20.9. The summed E-state index contributed by atoms with van der Waals surface area (Å²) < 4.78 is 11.3. The molecule has 0 aliphatic heterocycles. The van der Waals surface area contributed by atoms with Crippen LogP contribution in [-0.2, 0) is 14.3 Å². The van der Waals surface area contributed by atoms with Gasteiger partial charge in [-0.25, -0.2) is 0 Å². The largest absolute Gasteiger partial charge is 0.390 e. The van der Waals surface area contributed by atoms with Crippen molar-refractivity contribution in [2.75, 3.05) is 26.4 Å². The van der Waals surface area contributed by atoms with Crippen LogP contribution < -0.4 is 5.32 Å². The van der Waals surface area contributed by atoms with Gasteiger partial charge in [0, 0.05) is 26.0 Å². The third-order valence-corrected chi connectivity index (χ3v) is 3.12. The molecule has 0 aliphatic rings. The van der Waals surface area contributed by atoms with Gasteiger partial charge in [-0.1, -0.05) is 0 Å². The van der Waals surface area contributed by atoms with Crippen LogP contribution in [0.4, 0.5) is 0 Å². The van der Waals surface area contributed by atoms with E-state index in [1.165, 1.54) is 0 Å². The normalized spacial score (nSPS) is 12.0. The molecule has 0 saturated heterocycles. The van der Waals surface area contributed by atoms with E-state index in [1.807, 2.05) is 13.8 Å². The molecule has 0 aromatic heterocycles. The van der Waals surface area contributed by atoms with Crippen LogP contribution in [0.5, 0.6) is 0 Å². The van der Waals surface area contributed by atoms with Crippen LogP contribution in [-0.4, -0.2) is 48.6 Å². The lowest BCUT2D eigenvalue weighted by atomic mass is 10.0. The van der Waals surface area contributed by atoms with Gasteiger partial charge < -0.3 is 19.9 Å². The van der Waals surface area contributed by atoms with Gasteiger partial charge in [-0.2, -0.15) is 0 Å². The van der Waals surface area contributed by atoms with E-state index < -0.39 is 5.60 Å². The predicted molar refractivity (Wildman–Crippen MR) is 87.5 cm³/mol. The molecule has 0 rings (SSSR count). The van der Waals surface area contributed by atoms with Gasteiger partial charge in [-0.3, -0.25) is 4.79 Å². The van der Waals surface area contributed by atoms with Crippen LogP contribution >= 0.6 is 0 Å². The Hall–Kier alpha value is -1.09. The van der Waals surface area contributed by atoms with Gasteiger partial charge in [0.05, 0.1) is 24.4 Å². The lowest BCUT2D eigenvalue weighted by Crippen LogP contribution is -2.31. The van der Waals surface area contributed by atoms with Crippen molar-refractivity contribution in [3.05, 3.63) is 0 Å². The van der Waals surface area contributed by atoms with Gasteiger partial charge in [0.15, 0.2) is 0 Å². The van der Waals surface area contributed by atoms with E-state index in [1.54, 1.807) is 13.8 Å². The van der Waals surface area contributed by atoms with Gasteiger partial charge in [0.2, 0.25) is 5.91 Å². The number of carbonyl (C=O) groups is 1. The second-order valence-corrected chi connectivity index (χ2v) is 6.59. The number of hydrogen-bond donors (Lipinski definition) is 2. The lowest BCUT2D eigenvalue weighted by molar-refractivity contribution is -0.121. The molecular formula is C17H31NO4. The van der Waals surface area contributed by atoms with Crippen LogP contribution in [0.25, 0.3) is 0 Å². The van der Waals surface area contributed by atoms with Gasteiger partial charge in [0.1, 0.15) is 0 Å². The highest BCUT2D eigenvalue weighted by Gasteiger charge is 2.20. The van der Waals surface area contributed by atoms with E-state index in [0.29, 0.717) is 45.6 Å². The zero-order chi connectivity index (χ0) is 17.1. The maximum Gasteiger partial charge on any atom is 0.221 e. The Morgan fingerprint density at radius 1 is 1.18 bits per heavy atom. The average molecular weight is 313 g/mol. The zero-order valence-electron chi connectivity index (χ0n) is 14.4. The SMILES string of the molecule is C#CCCC(=O)NCCOCCC(C)(C)OCCC(C)(C)O. The Kier molecular flexibility index (Phi) is 10.1. The van der Waals surface area contributed by atoms with Crippen molar-refractivity contribution >= 4 is 5.91 Å². The van der Waals surface area contributed by atoms with Gasteiger partial charge in [0.25, 0.3) is 0 Å². The van der Waals surface area contributed by atoms with Crippen LogP contribution in [0.2, 0.25) is 0 Å². The number of carbonyl (C=O) groups excluding carboxylic acids is 1. The van der Waals surface area contributed by atoms with Gasteiger partial charge >= 0.3 is 0 Å². The molecule has 0 radical (unpaired) electrons. The van der Waals surface area contributed by atoms with Crippen molar-refractivity contribution in [3.63, 3.8) is 0 Å². The smallest absolute Gasteiger partial charge is 0.221 e. The topological polar surface area (TPSA) is 67.8 Å². The molecule has 0 aromatic carbocycles. The molecule has 0 aliphatic carbocycles. The van der Waals surface area contributed by atoms with E-state index in [9.17, 15) is 9.90 Å². The van der Waals surface area contributed by atoms with E-state index in [4.69, 9.17) is 15.9 Å². The molecule has 5 nitrogen and oxygen atoms in total. The van der Waals surface area contributed by atoms with Crippen LogP contribution in [0.1, 0.15) is 53.4 Å². The fourth-order valence-electron chi connectivity index (χ4n) is 1.61. The highest BCUT2D eigenvalue weighted by atomic mass is 16.5. The number of aliphatic hydroxyl groups is 1. The van der Waals surface area contributed by atoms with E-state index in [2.05, 4.69) is 11.2 Å². The number of rotatable bonds is 12. The lowest BCUT2D eigenvalue weighted by Gasteiger charge is -2.27. The quantitative estimate of drug-likeness (QED) is 0.426. The molecule has 0 unspecified atom stereocenters. The Labute approximate surface area is 134 Å². The second kappa shape index (κ2) is 10.6. The standard InChI is InChI=1S/C17H31NO4/c1-6-7-8-15(19)18-11-14-21-12-10-17(4,5)22-13-9-16(2,3)20/h1,20H,7-14H2,2-5H3,(H,18,19). The Morgan fingerprint density at radius 2 is 1.86 bits per heavy atom. The first-order chi connectivity index (χ1) is 10.2. The summed E-state index contributed by atoms with van der Waals surface area (Å²) in [6.45, 7) is 9.59. The number of nitrogens with one attached hydrogen (secondary N) is 1. The van der Waals surface area contributed by atoms with Crippen molar-refractivity contribution < 1.29 is 19.4 Å². The Morgan fingerprint density at radius 3 is 2.45 bits per heavy atom. The summed E-state index contributed by atoms with van der Waals surface area (Å²) >= 11 is 0. The maximum atomic E-state index is 11.3. The molecule has 0 atom stereocenters. The Bertz CT molecular complexity index is 353. The van der Waals surface area contributed by atoms with Crippen molar-refractivity contribution in [1.29, 1.82) is 0 Å². The first-order valence-corrected chi connectivity index (χ1v) is 7.80. The predicted octanol–water partition coefficient (Wildman–Crippen LogP) is 1.88. The molecule has 0 heterocycles. The summed E-state index contributed by atoms with van der Waals surface area (Å²) in [5.74, 6) is 2.39. The molecule has 22 heavy (non-hydrogen) atoms. The number of ether oxygens (including phenoxy) is 2. The van der Waals surface area contributed by atoms with Crippen LogP contribution in [0.15, 0.2) is 0 Å². The highest BCUT2D eigenvalue weighted by Crippen LogP contribution is 2.17. The summed E-state index contributed by atoms with van der Waals surface area (Å²) in [4.78, 5) is 11.3. The molecule has 0 aromatic rings. The minimum Gasteiger partial charge on any atom is -0.390 e. The Balaban J connectivity index is 3.60. The minimum absolute atomic E-state index is 0.0446. The van der Waals surface area contributed by atoms with E-state index >= 15 is 0 Å². The molecule has 128 valence electrons. The second-order valence-electron chi connectivity index (χ2n) is 6.59. The fourth-order valence-corrected chi connectivity index (χ4v) is 1.61. The summed E-state index contributed by atoms with van der Waals surface area (Å²) in [5.41, 5.74) is -0.995. The molecular weight excluding hydrogens is 282 g/mol. The minimum atomic E-state index is -0.704. The fraction of sp³-hybridized carbons (Fsp3) is 0.824. The van der Waals surface area contributed by atoms with Crippen molar-refractivity contribution in [1.82, 2.24) is 5.32 Å².